The normalized spacial score (nSPS) is 19.4. The second-order valence-electron chi connectivity index (χ2n) is 6.20. The zero-order chi connectivity index (χ0) is 13.6. The van der Waals surface area contributed by atoms with Crippen LogP contribution in [0.2, 0.25) is 0 Å². The number of nitrogens with zero attached hydrogens (tertiary/aromatic N) is 1. The lowest BCUT2D eigenvalue weighted by molar-refractivity contribution is -0.0665. The lowest BCUT2D eigenvalue weighted by Crippen LogP contribution is -2.63. The van der Waals surface area contributed by atoms with Crippen molar-refractivity contribution in [3.8, 4) is 5.75 Å². The van der Waals surface area contributed by atoms with E-state index in [2.05, 4.69) is 60.4 Å². The Morgan fingerprint density at radius 2 is 1.90 bits per heavy atom. The summed E-state index contributed by atoms with van der Waals surface area (Å²) in [6.07, 6.45) is 1.06. The fourth-order valence-electron chi connectivity index (χ4n) is 3.42. The fourth-order valence-corrected chi connectivity index (χ4v) is 3.42. The van der Waals surface area contributed by atoms with Crippen LogP contribution in [0.5, 0.6) is 5.75 Å². The van der Waals surface area contributed by atoms with Crippen LogP contribution in [0.15, 0.2) is 48.5 Å². The number of ether oxygens (including phenoxy) is 1. The van der Waals surface area contributed by atoms with E-state index in [4.69, 9.17) is 4.74 Å². The predicted octanol–water partition coefficient (Wildman–Crippen LogP) is 3.18. The minimum atomic E-state index is 0.0465. The summed E-state index contributed by atoms with van der Waals surface area (Å²) in [4.78, 5) is 2.47. The zero-order valence-electron chi connectivity index (χ0n) is 11.8. The van der Waals surface area contributed by atoms with Gasteiger partial charge in [-0.2, -0.15) is 0 Å². The Morgan fingerprint density at radius 1 is 1.10 bits per heavy atom. The van der Waals surface area contributed by atoms with Crippen LogP contribution in [-0.2, 0) is 13.0 Å². The topological polar surface area (TPSA) is 12.5 Å². The van der Waals surface area contributed by atoms with Crippen LogP contribution >= 0.6 is 0 Å². The molecule has 0 N–H and O–H groups in total. The molecule has 1 saturated heterocycles. The van der Waals surface area contributed by atoms with Gasteiger partial charge >= 0.3 is 0 Å². The summed E-state index contributed by atoms with van der Waals surface area (Å²) in [5.41, 5.74) is 4.08. The molecule has 2 nitrogen and oxygen atoms in total. The number of rotatable bonds is 2. The molecule has 1 spiro atoms. The van der Waals surface area contributed by atoms with Crippen LogP contribution in [0.3, 0.4) is 0 Å². The summed E-state index contributed by atoms with van der Waals surface area (Å²) < 4.78 is 6.24. The van der Waals surface area contributed by atoms with E-state index in [-0.39, 0.29) is 5.60 Å². The van der Waals surface area contributed by atoms with Gasteiger partial charge < -0.3 is 4.74 Å². The molecule has 2 heteroatoms. The molecule has 0 bridgehead atoms. The molecule has 102 valence electrons. The fraction of sp³-hybridized carbons (Fsp3) is 0.333. The maximum Gasteiger partial charge on any atom is 0.138 e. The van der Waals surface area contributed by atoms with Gasteiger partial charge in [0.25, 0.3) is 0 Å². The molecule has 2 aromatic rings. The van der Waals surface area contributed by atoms with Gasteiger partial charge in [-0.05, 0) is 29.7 Å². The van der Waals surface area contributed by atoms with Crippen LogP contribution in [0.1, 0.15) is 16.7 Å². The Kier molecular flexibility index (Phi) is 2.61. The van der Waals surface area contributed by atoms with E-state index in [1.165, 1.54) is 16.7 Å². The molecule has 0 aromatic heterocycles. The standard InChI is InChI=1S/C18H19NO/c1-14-7-8-16-10-18(20-17(16)9-14)12-19(13-18)11-15-5-3-2-4-6-15/h2-9H,10-13H2,1H3. The number of hydrogen-bond acceptors (Lipinski definition) is 2. The van der Waals surface area contributed by atoms with E-state index in [0.717, 1.165) is 31.8 Å². The van der Waals surface area contributed by atoms with Gasteiger partial charge in [0.05, 0.1) is 0 Å². The van der Waals surface area contributed by atoms with Gasteiger partial charge in [0.2, 0.25) is 0 Å². The van der Waals surface area contributed by atoms with Gasteiger partial charge in [-0.1, -0.05) is 42.5 Å². The minimum Gasteiger partial charge on any atom is -0.484 e. The second kappa shape index (κ2) is 4.35. The summed E-state index contributed by atoms with van der Waals surface area (Å²) in [6, 6.07) is 17.2. The summed E-state index contributed by atoms with van der Waals surface area (Å²) in [5.74, 6) is 1.10. The summed E-state index contributed by atoms with van der Waals surface area (Å²) >= 11 is 0. The molecule has 2 aliphatic rings. The Hall–Kier alpha value is -1.80. The van der Waals surface area contributed by atoms with Crippen LogP contribution < -0.4 is 4.74 Å². The Morgan fingerprint density at radius 3 is 2.70 bits per heavy atom. The van der Waals surface area contributed by atoms with Crippen molar-refractivity contribution < 1.29 is 4.74 Å². The number of fused-ring (bicyclic) bond motifs is 1. The Labute approximate surface area is 120 Å². The largest absolute Gasteiger partial charge is 0.484 e. The first kappa shape index (κ1) is 12.0. The molecule has 0 atom stereocenters. The molecular formula is C18H19NO. The van der Waals surface area contributed by atoms with Gasteiger partial charge in [0.1, 0.15) is 11.4 Å². The van der Waals surface area contributed by atoms with Gasteiger partial charge in [-0.15, -0.1) is 0 Å². The molecule has 0 unspecified atom stereocenters. The van der Waals surface area contributed by atoms with E-state index < -0.39 is 0 Å². The maximum atomic E-state index is 6.24. The predicted molar refractivity (Wildman–Crippen MR) is 80.0 cm³/mol. The molecule has 2 aliphatic heterocycles. The van der Waals surface area contributed by atoms with Crippen LogP contribution in [0, 0.1) is 6.92 Å². The average Bonchev–Trinajstić information content (AvgIpc) is 2.78. The molecular weight excluding hydrogens is 246 g/mol. The molecule has 0 amide bonds. The Balaban J connectivity index is 1.42. The Bertz CT molecular complexity index is 629. The lowest BCUT2D eigenvalue weighted by Gasteiger charge is -2.47. The zero-order valence-corrected chi connectivity index (χ0v) is 11.8. The van der Waals surface area contributed by atoms with Crippen LogP contribution in [0.25, 0.3) is 0 Å². The van der Waals surface area contributed by atoms with E-state index in [9.17, 15) is 0 Å². The van der Waals surface area contributed by atoms with E-state index in [1.807, 2.05) is 0 Å². The van der Waals surface area contributed by atoms with Crippen molar-refractivity contribution in [2.45, 2.75) is 25.5 Å². The highest BCUT2D eigenvalue weighted by molar-refractivity contribution is 5.43. The molecule has 0 aliphatic carbocycles. The summed E-state index contributed by atoms with van der Waals surface area (Å²) in [6.45, 7) is 5.23. The van der Waals surface area contributed by atoms with E-state index >= 15 is 0 Å². The monoisotopic (exact) mass is 265 g/mol. The van der Waals surface area contributed by atoms with Crippen molar-refractivity contribution in [3.05, 3.63) is 65.2 Å². The first-order valence-electron chi connectivity index (χ1n) is 7.27. The molecule has 0 saturated carbocycles. The minimum absolute atomic E-state index is 0.0465. The molecule has 0 radical (unpaired) electrons. The van der Waals surface area contributed by atoms with E-state index in [0.29, 0.717) is 0 Å². The van der Waals surface area contributed by atoms with Gasteiger partial charge in [0.15, 0.2) is 0 Å². The third-order valence-corrected chi connectivity index (χ3v) is 4.33. The summed E-state index contributed by atoms with van der Waals surface area (Å²) in [5, 5.41) is 0. The van der Waals surface area contributed by atoms with Crippen molar-refractivity contribution in [2.75, 3.05) is 13.1 Å². The molecule has 1 fully saturated rings. The number of hydrogen-bond donors (Lipinski definition) is 0. The molecule has 20 heavy (non-hydrogen) atoms. The van der Waals surface area contributed by atoms with Crippen molar-refractivity contribution in [1.29, 1.82) is 0 Å². The smallest absolute Gasteiger partial charge is 0.138 e. The highest BCUT2D eigenvalue weighted by Gasteiger charge is 2.49. The average molecular weight is 265 g/mol. The van der Waals surface area contributed by atoms with Gasteiger partial charge in [-0.25, -0.2) is 0 Å². The number of likely N-dealkylation sites (tertiary alicyclic amines) is 1. The quantitative estimate of drug-likeness (QED) is 0.827. The molecule has 4 rings (SSSR count). The number of aryl methyl sites for hydroxylation is 1. The van der Waals surface area contributed by atoms with E-state index in [1.54, 1.807) is 0 Å². The van der Waals surface area contributed by atoms with Crippen molar-refractivity contribution in [1.82, 2.24) is 4.90 Å². The maximum absolute atomic E-state index is 6.24. The highest BCUT2D eigenvalue weighted by atomic mass is 16.5. The van der Waals surface area contributed by atoms with Crippen LogP contribution in [-0.4, -0.2) is 23.6 Å². The molecule has 2 heterocycles. The van der Waals surface area contributed by atoms with Crippen molar-refractivity contribution in [3.63, 3.8) is 0 Å². The van der Waals surface area contributed by atoms with Crippen LogP contribution in [0.4, 0.5) is 0 Å². The third-order valence-electron chi connectivity index (χ3n) is 4.33. The molecule has 2 aromatic carbocycles. The summed E-state index contributed by atoms with van der Waals surface area (Å²) in [7, 11) is 0. The third kappa shape index (κ3) is 2.01. The van der Waals surface area contributed by atoms with Gasteiger partial charge in [-0.3, -0.25) is 4.90 Å². The SMILES string of the molecule is Cc1ccc2c(c1)OC1(C2)CN(Cc2ccccc2)C1. The second-order valence-corrected chi connectivity index (χ2v) is 6.20. The number of benzene rings is 2. The first-order chi connectivity index (χ1) is 9.72. The lowest BCUT2D eigenvalue weighted by atomic mass is 9.88. The van der Waals surface area contributed by atoms with Gasteiger partial charge in [0, 0.05) is 26.1 Å². The highest BCUT2D eigenvalue weighted by Crippen LogP contribution is 2.41. The van der Waals surface area contributed by atoms with Crippen molar-refractivity contribution in [2.24, 2.45) is 0 Å². The first-order valence-corrected chi connectivity index (χ1v) is 7.27. The van der Waals surface area contributed by atoms with Crippen molar-refractivity contribution >= 4 is 0 Å².